The van der Waals surface area contributed by atoms with Crippen LogP contribution in [0.3, 0.4) is 0 Å². The highest BCUT2D eigenvalue weighted by Gasteiger charge is 2.29. The zero-order valence-corrected chi connectivity index (χ0v) is 19.3. The minimum Gasteiger partial charge on any atom is -0.490 e. The number of hydrogen-bond donors (Lipinski definition) is 1. The average molecular weight is 461 g/mol. The van der Waals surface area contributed by atoms with Crippen LogP contribution in [0.25, 0.3) is 0 Å². The number of nitrogens with zero attached hydrogens (tertiary/aromatic N) is 2. The lowest BCUT2D eigenvalue weighted by atomic mass is 10.1. The van der Waals surface area contributed by atoms with Crippen molar-refractivity contribution in [2.45, 2.75) is 45.8 Å². The molecule has 0 unspecified atom stereocenters. The van der Waals surface area contributed by atoms with Crippen molar-refractivity contribution in [3.63, 3.8) is 0 Å². The number of carbonyl (C=O) groups excluding carboxylic acids is 2. The molecule has 0 bridgehead atoms. The highest BCUT2D eigenvalue weighted by Crippen LogP contribution is 2.30. The van der Waals surface area contributed by atoms with Crippen LogP contribution in [-0.4, -0.2) is 46.9 Å². The second-order valence-electron chi connectivity index (χ2n) is 8.41. The summed E-state index contributed by atoms with van der Waals surface area (Å²) in [6.45, 7) is 6.37. The zero-order valence-electron chi connectivity index (χ0n) is 19.3. The molecule has 2 rings (SSSR count). The Hall–Kier alpha value is -3.69. The number of methoxy groups -OCH3 is 1. The van der Waals surface area contributed by atoms with Gasteiger partial charge < -0.3 is 19.7 Å². The predicted molar refractivity (Wildman–Crippen MR) is 119 cm³/mol. The monoisotopic (exact) mass is 461 g/mol. The molecule has 0 heterocycles. The molecule has 0 aromatic heterocycles. The topological polar surface area (TPSA) is 111 Å². The molecule has 0 saturated heterocycles. The number of amides is 2. The van der Waals surface area contributed by atoms with Gasteiger partial charge in [0.15, 0.2) is 6.61 Å². The molecule has 0 saturated carbocycles. The number of nitro groups is 1. The fourth-order valence-electron chi connectivity index (χ4n) is 2.99. The number of halogens is 1. The van der Waals surface area contributed by atoms with Crippen molar-refractivity contribution in [2.75, 3.05) is 13.7 Å². The first-order valence-corrected chi connectivity index (χ1v) is 10.2. The molecule has 0 aliphatic heterocycles. The Bertz CT molecular complexity index is 1020. The molecule has 0 radical (unpaired) electrons. The number of benzene rings is 2. The van der Waals surface area contributed by atoms with E-state index in [0.29, 0.717) is 0 Å². The Balaban J connectivity index is 2.23. The molecule has 178 valence electrons. The number of carbonyl (C=O) groups is 2. The molecule has 0 spiro atoms. The van der Waals surface area contributed by atoms with E-state index in [1.165, 1.54) is 48.4 Å². The van der Waals surface area contributed by atoms with E-state index >= 15 is 0 Å². The standard InChI is InChI=1S/C23H28FN3O6/c1-15(22(29)25-23(2,3)4)26(13-16-8-6-7-9-18(16)24)21(28)14-33-17-10-11-19(27(30)31)20(12-17)32-5/h6-12,15H,13-14H2,1-5H3,(H,25,29)/t15-/m1/s1. The third kappa shape index (κ3) is 7.16. The van der Waals surface area contributed by atoms with E-state index < -0.39 is 40.7 Å². The molecule has 0 aliphatic carbocycles. The van der Waals surface area contributed by atoms with Crippen molar-refractivity contribution in [2.24, 2.45) is 0 Å². The zero-order chi connectivity index (χ0) is 24.8. The van der Waals surface area contributed by atoms with Gasteiger partial charge in [0.05, 0.1) is 12.0 Å². The summed E-state index contributed by atoms with van der Waals surface area (Å²) in [4.78, 5) is 37.4. The number of nitro benzene ring substituents is 1. The largest absolute Gasteiger partial charge is 0.490 e. The van der Waals surface area contributed by atoms with Crippen LogP contribution >= 0.6 is 0 Å². The fraction of sp³-hybridized carbons (Fsp3) is 0.391. The summed E-state index contributed by atoms with van der Waals surface area (Å²) in [5.41, 5.74) is -0.521. The number of nitrogens with one attached hydrogen (secondary N) is 1. The third-order valence-electron chi connectivity index (χ3n) is 4.67. The summed E-state index contributed by atoms with van der Waals surface area (Å²) >= 11 is 0. The van der Waals surface area contributed by atoms with Crippen LogP contribution in [0.1, 0.15) is 33.3 Å². The molecule has 9 nitrogen and oxygen atoms in total. The van der Waals surface area contributed by atoms with Gasteiger partial charge in [-0.3, -0.25) is 19.7 Å². The van der Waals surface area contributed by atoms with Crippen LogP contribution in [0.4, 0.5) is 10.1 Å². The summed E-state index contributed by atoms with van der Waals surface area (Å²) in [6.07, 6.45) is 0. The average Bonchev–Trinajstić information content (AvgIpc) is 2.74. The van der Waals surface area contributed by atoms with E-state index in [4.69, 9.17) is 9.47 Å². The lowest BCUT2D eigenvalue weighted by Crippen LogP contribution is -2.53. The molecule has 33 heavy (non-hydrogen) atoms. The van der Waals surface area contributed by atoms with E-state index in [0.717, 1.165) is 0 Å². The smallest absolute Gasteiger partial charge is 0.311 e. The third-order valence-corrected chi connectivity index (χ3v) is 4.67. The summed E-state index contributed by atoms with van der Waals surface area (Å²) in [5.74, 6) is -1.31. The van der Waals surface area contributed by atoms with Gasteiger partial charge in [-0.15, -0.1) is 0 Å². The minimum absolute atomic E-state index is 0.0221. The number of hydrogen-bond acceptors (Lipinski definition) is 6. The Morgan fingerprint density at radius 2 is 1.88 bits per heavy atom. The van der Waals surface area contributed by atoms with Gasteiger partial charge >= 0.3 is 5.69 Å². The van der Waals surface area contributed by atoms with Crippen molar-refractivity contribution < 1.29 is 28.4 Å². The van der Waals surface area contributed by atoms with Crippen molar-refractivity contribution in [3.05, 3.63) is 64.0 Å². The van der Waals surface area contributed by atoms with Gasteiger partial charge in [-0.2, -0.15) is 0 Å². The van der Waals surface area contributed by atoms with E-state index in [1.54, 1.807) is 13.0 Å². The van der Waals surface area contributed by atoms with Gasteiger partial charge in [-0.25, -0.2) is 4.39 Å². The minimum atomic E-state index is -0.911. The van der Waals surface area contributed by atoms with Crippen molar-refractivity contribution in [3.8, 4) is 11.5 Å². The van der Waals surface area contributed by atoms with E-state index in [1.807, 2.05) is 20.8 Å². The van der Waals surface area contributed by atoms with Crippen LogP contribution in [0.2, 0.25) is 0 Å². The van der Waals surface area contributed by atoms with Gasteiger partial charge in [-0.05, 0) is 39.8 Å². The van der Waals surface area contributed by atoms with Crippen molar-refractivity contribution >= 4 is 17.5 Å². The van der Waals surface area contributed by atoms with Crippen LogP contribution in [-0.2, 0) is 16.1 Å². The van der Waals surface area contributed by atoms with Crippen LogP contribution in [0.5, 0.6) is 11.5 Å². The highest BCUT2D eigenvalue weighted by atomic mass is 19.1. The lowest BCUT2D eigenvalue weighted by molar-refractivity contribution is -0.385. The highest BCUT2D eigenvalue weighted by molar-refractivity contribution is 5.88. The molecule has 1 N–H and O–H groups in total. The van der Waals surface area contributed by atoms with Crippen molar-refractivity contribution in [1.29, 1.82) is 0 Å². The van der Waals surface area contributed by atoms with Gasteiger partial charge in [0.2, 0.25) is 11.7 Å². The van der Waals surface area contributed by atoms with Crippen LogP contribution in [0, 0.1) is 15.9 Å². The first-order chi connectivity index (χ1) is 15.4. The van der Waals surface area contributed by atoms with Gasteiger partial charge in [-0.1, -0.05) is 18.2 Å². The number of rotatable bonds is 9. The maximum Gasteiger partial charge on any atom is 0.311 e. The quantitative estimate of drug-likeness (QED) is 0.452. The van der Waals surface area contributed by atoms with E-state index in [9.17, 15) is 24.1 Å². The summed E-state index contributed by atoms with van der Waals surface area (Å²) in [6, 6.07) is 8.91. The Morgan fingerprint density at radius 3 is 2.45 bits per heavy atom. The molecule has 10 heteroatoms. The first kappa shape index (κ1) is 25.6. The lowest BCUT2D eigenvalue weighted by Gasteiger charge is -2.31. The van der Waals surface area contributed by atoms with Gasteiger partial charge in [0, 0.05) is 29.8 Å². The molecular formula is C23H28FN3O6. The SMILES string of the molecule is COc1cc(OCC(=O)N(Cc2ccccc2F)[C@H](C)C(=O)NC(C)(C)C)ccc1[N+](=O)[O-]. The molecule has 2 aromatic rings. The maximum absolute atomic E-state index is 14.2. The molecule has 2 aromatic carbocycles. The maximum atomic E-state index is 14.2. The predicted octanol–water partition coefficient (Wildman–Crippen LogP) is 3.45. The number of ether oxygens (including phenoxy) is 2. The van der Waals surface area contributed by atoms with Gasteiger partial charge in [0.1, 0.15) is 17.6 Å². The Kier molecular flexibility index (Phi) is 8.33. The Labute approximate surface area is 191 Å². The molecular weight excluding hydrogens is 433 g/mol. The second-order valence-corrected chi connectivity index (χ2v) is 8.41. The Morgan fingerprint density at radius 1 is 1.21 bits per heavy atom. The van der Waals surface area contributed by atoms with E-state index in [2.05, 4.69) is 5.32 Å². The van der Waals surface area contributed by atoms with Crippen molar-refractivity contribution in [1.82, 2.24) is 10.2 Å². The molecule has 0 aliphatic rings. The summed E-state index contributed by atoms with van der Waals surface area (Å²) in [5, 5.41) is 13.9. The van der Waals surface area contributed by atoms with Gasteiger partial charge in [0.25, 0.3) is 5.91 Å². The molecule has 1 atom stereocenters. The van der Waals surface area contributed by atoms with E-state index in [-0.39, 0.29) is 29.3 Å². The second kappa shape index (κ2) is 10.8. The van der Waals surface area contributed by atoms with Crippen LogP contribution < -0.4 is 14.8 Å². The normalized spacial score (nSPS) is 11.9. The van der Waals surface area contributed by atoms with Crippen LogP contribution in [0.15, 0.2) is 42.5 Å². The molecule has 0 fully saturated rings. The summed E-state index contributed by atoms with van der Waals surface area (Å²) in [7, 11) is 1.28. The molecule has 2 amide bonds. The first-order valence-electron chi connectivity index (χ1n) is 10.2. The summed E-state index contributed by atoms with van der Waals surface area (Å²) < 4.78 is 24.8. The fourth-order valence-corrected chi connectivity index (χ4v) is 2.99.